The number of rotatable bonds is 1. The van der Waals surface area contributed by atoms with Gasteiger partial charge in [0.25, 0.3) is 0 Å². The highest BCUT2D eigenvalue weighted by atomic mass is 16.5. The first kappa shape index (κ1) is 12.8. The quantitative estimate of drug-likeness (QED) is 0.510. The first-order chi connectivity index (χ1) is 10.7. The van der Waals surface area contributed by atoms with E-state index in [-0.39, 0.29) is 18.3 Å². The molecule has 4 heteroatoms. The number of para-hydroxylation sites is 1. The van der Waals surface area contributed by atoms with Crippen molar-refractivity contribution in [3.8, 4) is 5.75 Å². The molecule has 1 aliphatic heterocycles. The minimum Gasteiger partial charge on any atom is -0.425 e. The summed E-state index contributed by atoms with van der Waals surface area (Å²) in [5.74, 6) is -0.340. The fourth-order valence-electron chi connectivity index (χ4n) is 2.94. The average Bonchev–Trinajstić information content (AvgIpc) is 2.55. The zero-order chi connectivity index (χ0) is 15.1. The van der Waals surface area contributed by atoms with E-state index >= 15 is 0 Å². The Morgan fingerprint density at radius 3 is 2.45 bits per heavy atom. The number of hydrogen-bond acceptors (Lipinski definition) is 4. The zero-order valence-corrected chi connectivity index (χ0v) is 11.6. The maximum Gasteiger partial charge on any atom is 0.343 e. The van der Waals surface area contributed by atoms with Crippen LogP contribution in [-0.4, -0.2) is 5.97 Å². The van der Waals surface area contributed by atoms with E-state index in [1.807, 2.05) is 36.4 Å². The largest absolute Gasteiger partial charge is 0.425 e. The molecular formula is C18H12O4. The Hall–Kier alpha value is -2.88. The standard InChI is InChI=1S/C18H12O4/c19-15-10-13(11-6-2-1-3-7-11)16-17(22-15)12-8-4-5-9-14(12)21-18(16)20/h1-9,13H,10H2. The van der Waals surface area contributed by atoms with Crippen molar-refractivity contribution in [2.24, 2.45) is 0 Å². The molecule has 2 heterocycles. The Morgan fingerprint density at radius 1 is 0.909 bits per heavy atom. The van der Waals surface area contributed by atoms with Crippen molar-refractivity contribution in [1.29, 1.82) is 0 Å². The summed E-state index contributed by atoms with van der Waals surface area (Å²) in [5.41, 5.74) is 1.30. The van der Waals surface area contributed by atoms with Crippen molar-refractivity contribution in [2.75, 3.05) is 0 Å². The zero-order valence-electron chi connectivity index (χ0n) is 11.6. The van der Waals surface area contributed by atoms with Crippen LogP contribution in [0.4, 0.5) is 0 Å². The number of carbonyl (C=O) groups is 1. The van der Waals surface area contributed by atoms with Crippen molar-refractivity contribution in [2.45, 2.75) is 12.3 Å². The third kappa shape index (κ3) is 1.92. The summed E-state index contributed by atoms with van der Waals surface area (Å²) in [6, 6.07) is 16.6. The van der Waals surface area contributed by atoms with E-state index in [9.17, 15) is 9.59 Å². The van der Waals surface area contributed by atoms with Gasteiger partial charge >= 0.3 is 11.6 Å². The predicted octanol–water partition coefficient (Wildman–Crippen LogP) is 3.23. The first-order valence-electron chi connectivity index (χ1n) is 7.05. The smallest absolute Gasteiger partial charge is 0.343 e. The van der Waals surface area contributed by atoms with Gasteiger partial charge in [-0.3, -0.25) is 4.79 Å². The van der Waals surface area contributed by atoms with Gasteiger partial charge < -0.3 is 9.15 Å². The van der Waals surface area contributed by atoms with E-state index in [0.717, 1.165) is 5.56 Å². The van der Waals surface area contributed by atoms with Crippen LogP contribution in [0.3, 0.4) is 0 Å². The van der Waals surface area contributed by atoms with Gasteiger partial charge in [0.1, 0.15) is 5.58 Å². The molecule has 1 unspecified atom stereocenters. The highest BCUT2D eigenvalue weighted by Crippen LogP contribution is 2.40. The van der Waals surface area contributed by atoms with E-state index in [0.29, 0.717) is 22.3 Å². The monoisotopic (exact) mass is 292 g/mol. The van der Waals surface area contributed by atoms with E-state index in [1.54, 1.807) is 18.2 Å². The summed E-state index contributed by atoms with van der Waals surface area (Å²) in [6.07, 6.45) is 0.139. The molecule has 2 aromatic carbocycles. The normalized spacial score (nSPS) is 17.1. The number of benzene rings is 2. The first-order valence-corrected chi connectivity index (χ1v) is 7.05. The predicted molar refractivity (Wildman–Crippen MR) is 81.0 cm³/mol. The minimum absolute atomic E-state index is 0.139. The molecule has 4 nitrogen and oxygen atoms in total. The van der Waals surface area contributed by atoms with E-state index in [1.165, 1.54) is 0 Å². The maximum atomic E-state index is 12.4. The Balaban J connectivity index is 2.04. The van der Waals surface area contributed by atoms with Crippen molar-refractivity contribution in [3.63, 3.8) is 0 Å². The van der Waals surface area contributed by atoms with Crippen LogP contribution >= 0.6 is 0 Å². The van der Waals surface area contributed by atoms with Crippen LogP contribution in [0, 0.1) is 0 Å². The summed E-state index contributed by atoms with van der Waals surface area (Å²) in [4.78, 5) is 24.4. The average molecular weight is 292 g/mol. The van der Waals surface area contributed by atoms with Crippen LogP contribution in [0.2, 0.25) is 0 Å². The van der Waals surface area contributed by atoms with Gasteiger partial charge in [-0.05, 0) is 17.7 Å². The fourth-order valence-corrected chi connectivity index (χ4v) is 2.94. The molecule has 0 amide bonds. The fraction of sp³-hybridized carbons (Fsp3) is 0.111. The van der Waals surface area contributed by atoms with Gasteiger partial charge in [0.2, 0.25) is 0 Å². The van der Waals surface area contributed by atoms with Gasteiger partial charge in [0.15, 0.2) is 5.75 Å². The molecule has 1 aliphatic rings. The van der Waals surface area contributed by atoms with Gasteiger partial charge in [0, 0.05) is 5.92 Å². The van der Waals surface area contributed by atoms with Crippen LogP contribution in [-0.2, 0) is 4.79 Å². The molecule has 0 bridgehead atoms. The lowest BCUT2D eigenvalue weighted by atomic mass is 9.87. The third-order valence-corrected chi connectivity index (χ3v) is 3.94. The van der Waals surface area contributed by atoms with Crippen molar-refractivity contribution >= 4 is 16.9 Å². The molecule has 108 valence electrons. The molecule has 0 saturated carbocycles. The molecule has 4 rings (SSSR count). The van der Waals surface area contributed by atoms with Crippen molar-refractivity contribution < 1.29 is 13.9 Å². The molecule has 0 aliphatic carbocycles. The molecule has 3 aromatic rings. The Bertz CT molecular complexity index is 925. The highest BCUT2D eigenvalue weighted by molar-refractivity contribution is 5.90. The number of fused-ring (bicyclic) bond motifs is 3. The number of esters is 1. The van der Waals surface area contributed by atoms with Crippen LogP contribution in [0.25, 0.3) is 11.0 Å². The summed E-state index contributed by atoms with van der Waals surface area (Å²) < 4.78 is 10.8. The summed E-state index contributed by atoms with van der Waals surface area (Å²) in [6.45, 7) is 0. The van der Waals surface area contributed by atoms with Gasteiger partial charge in [-0.15, -0.1) is 0 Å². The second-order valence-corrected chi connectivity index (χ2v) is 5.27. The van der Waals surface area contributed by atoms with Gasteiger partial charge in [-0.2, -0.15) is 0 Å². The van der Waals surface area contributed by atoms with Gasteiger partial charge in [-0.1, -0.05) is 42.5 Å². The van der Waals surface area contributed by atoms with Crippen molar-refractivity contribution in [1.82, 2.24) is 0 Å². The second kappa shape index (κ2) is 4.84. The van der Waals surface area contributed by atoms with Crippen LogP contribution in [0.15, 0.2) is 63.8 Å². The second-order valence-electron chi connectivity index (χ2n) is 5.27. The lowest BCUT2D eigenvalue weighted by Gasteiger charge is -2.24. The van der Waals surface area contributed by atoms with Gasteiger partial charge in [0.05, 0.1) is 17.4 Å². The third-order valence-electron chi connectivity index (χ3n) is 3.94. The van der Waals surface area contributed by atoms with E-state index < -0.39 is 5.63 Å². The van der Waals surface area contributed by atoms with E-state index in [2.05, 4.69) is 0 Å². The molecule has 22 heavy (non-hydrogen) atoms. The van der Waals surface area contributed by atoms with Crippen LogP contribution < -0.4 is 10.4 Å². The molecule has 1 atom stereocenters. The molecule has 0 fully saturated rings. The number of hydrogen-bond donors (Lipinski definition) is 0. The molecule has 0 radical (unpaired) electrons. The number of carbonyl (C=O) groups excluding carboxylic acids is 1. The Kier molecular flexibility index (Phi) is 2.82. The maximum absolute atomic E-state index is 12.4. The van der Waals surface area contributed by atoms with Crippen LogP contribution in [0.5, 0.6) is 5.75 Å². The summed E-state index contributed by atoms with van der Waals surface area (Å²) >= 11 is 0. The number of ether oxygens (including phenoxy) is 1. The summed E-state index contributed by atoms with van der Waals surface area (Å²) in [7, 11) is 0. The molecule has 0 spiro atoms. The van der Waals surface area contributed by atoms with Gasteiger partial charge in [-0.25, -0.2) is 4.79 Å². The lowest BCUT2D eigenvalue weighted by Crippen LogP contribution is -2.26. The molecule has 1 aromatic heterocycles. The van der Waals surface area contributed by atoms with Crippen molar-refractivity contribution in [3.05, 3.63) is 76.1 Å². The SMILES string of the molecule is O=C1CC(c2ccccc2)c2c(c3ccccc3oc2=O)O1. The van der Waals surface area contributed by atoms with E-state index in [4.69, 9.17) is 9.15 Å². The molecule has 0 saturated heterocycles. The molecule has 0 N–H and O–H groups in total. The Morgan fingerprint density at radius 2 is 1.64 bits per heavy atom. The minimum atomic E-state index is -0.449. The lowest BCUT2D eigenvalue weighted by molar-refractivity contribution is -0.135. The highest BCUT2D eigenvalue weighted by Gasteiger charge is 2.33. The topological polar surface area (TPSA) is 56.5 Å². The van der Waals surface area contributed by atoms with Crippen LogP contribution in [0.1, 0.15) is 23.5 Å². The summed E-state index contributed by atoms with van der Waals surface area (Å²) in [5, 5.41) is 0.645. The Labute approximate surface area is 126 Å². The molecular weight excluding hydrogens is 280 g/mol.